The van der Waals surface area contributed by atoms with Crippen molar-refractivity contribution in [2.24, 2.45) is 0 Å². The van der Waals surface area contributed by atoms with Crippen molar-refractivity contribution in [1.82, 2.24) is 29.9 Å². The fourth-order valence-electron chi connectivity index (χ4n) is 6.61. The molecule has 0 aliphatic heterocycles. The molecule has 0 aliphatic carbocycles. The van der Waals surface area contributed by atoms with E-state index in [1.165, 1.54) is 0 Å². The van der Waals surface area contributed by atoms with Crippen molar-refractivity contribution in [2.75, 3.05) is 4.90 Å². The van der Waals surface area contributed by atoms with Crippen LogP contribution in [-0.4, -0.2) is 29.9 Å². The lowest BCUT2D eigenvalue weighted by atomic mass is 10.0. The highest BCUT2D eigenvalue weighted by molar-refractivity contribution is 5.81. The Kier molecular flexibility index (Phi) is 9.15. The first-order chi connectivity index (χ1) is 27.2. The normalized spacial score (nSPS) is 10.9. The van der Waals surface area contributed by atoms with Crippen LogP contribution in [0.2, 0.25) is 0 Å². The standard InChI is InChI=1S/C48H33N7/c1-4-40(28-49-25-1)46-22-13-37(31-52-46)34-7-16-43(17-8-34)55(44-18-9-35(10-19-44)38-14-23-47(53-32-38)41-5-2-26-50-29-41)45-20-11-36(12-21-45)39-15-24-48(54-33-39)42-6-3-27-51-30-42/h1-33H. The molecule has 0 atom stereocenters. The maximum Gasteiger partial charge on any atom is 0.0717 e. The molecule has 0 fully saturated rings. The number of benzene rings is 3. The quantitative estimate of drug-likeness (QED) is 0.148. The monoisotopic (exact) mass is 707 g/mol. The molecule has 6 heterocycles. The van der Waals surface area contributed by atoms with E-state index < -0.39 is 0 Å². The Morgan fingerprint density at radius 2 is 0.545 bits per heavy atom. The molecule has 0 aliphatic rings. The Morgan fingerprint density at radius 1 is 0.255 bits per heavy atom. The second-order valence-electron chi connectivity index (χ2n) is 13.0. The third-order valence-electron chi connectivity index (χ3n) is 9.54. The summed E-state index contributed by atoms with van der Waals surface area (Å²) in [6.07, 6.45) is 16.6. The lowest BCUT2D eigenvalue weighted by molar-refractivity contribution is 1.27. The van der Waals surface area contributed by atoms with Crippen molar-refractivity contribution in [3.63, 3.8) is 0 Å². The van der Waals surface area contributed by atoms with Gasteiger partial charge in [0.1, 0.15) is 0 Å². The lowest BCUT2D eigenvalue weighted by Crippen LogP contribution is -2.09. The molecule has 9 aromatic rings. The number of rotatable bonds is 9. The average molecular weight is 708 g/mol. The summed E-state index contributed by atoms with van der Waals surface area (Å²) in [4.78, 5) is 29.1. The molecule has 9 rings (SSSR count). The molecule has 6 aromatic heterocycles. The van der Waals surface area contributed by atoms with Gasteiger partial charge in [-0.1, -0.05) is 54.6 Å². The van der Waals surface area contributed by atoms with Gasteiger partial charge in [0, 0.05) is 106 Å². The molecule has 0 bridgehead atoms. The van der Waals surface area contributed by atoms with E-state index in [0.29, 0.717) is 0 Å². The van der Waals surface area contributed by atoms with Gasteiger partial charge < -0.3 is 4.90 Å². The van der Waals surface area contributed by atoms with Gasteiger partial charge in [-0.25, -0.2) is 0 Å². The van der Waals surface area contributed by atoms with Gasteiger partial charge >= 0.3 is 0 Å². The highest BCUT2D eigenvalue weighted by Gasteiger charge is 2.15. The number of anilines is 3. The highest BCUT2D eigenvalue weighted by Crippen LogP contribution is 2.38. The third kappa shape index (κ3) is 7.23. The predicted molar refractivity (Wildman–Crippen MR) is 221 cm³/mol. The molecule has 0 saturated carbocycles. The van der Waals surface area contributed by atoms with Gasteiger partial charge in [-0.05, 0) is 108 Å². The van der Waals surface area contributed by atoms with Crippen LogP contribution in [-0.2, 0) is 0 Å². The van der Waals surface area contributed by atoms with Crippen molar-refractivity contribution >= 4 is 17.1 Å². The molecule has 0 spiro atoms. The number of hydrogen-bond acceptors (Lipinski definition) is 7. The van der Waals surface area contributed by atoms with Crippen molar-refractivity contribution in [2.45, 2.75) is 0 Å². The van der Waals surface area contributed by atoms with Crippen LogP contribution < -0.4 is 4.90 Å². The van der Waals surface area contributed by atoms with Gasteiger partial charge in [-0.15, -0.1) is 0 Å². The predicted octanol–water partition coefficient (Wildman–Crippen LogP) is 11.5. The molecular formula is C48H33N7. The van der Waals surface area contributed by atoms with Crippen LogP contribution in [0.15, 0.2) is 201 Å². The van der Waals surface area contributed by atoms with Crippen LogP contribution >= 0.6 is 0 Å². The van der Waals surface area contributed by atoms with Crippen LogP contribution in [0.3, 0.4) is 0 Å². The largest absolute Gasteiger partial charge is 0.311 e. The highest BCUT2D eigenvalue weighted by atomic mass is 15.1. The van der Waals surface area contributed by atoms with Crippen LogP contribution in [0.4, 0.5) is 17.1 Å². The van der Waals surface area contributed by atoms with Crippen LogP contribution in [0.1, 0.15) is 0 Å². The van der Waals surface area contributed by atoms with Crippen molar-refractivity contribution in [3.05, 3.63) is 201 Å². The number of aromatic nitrogens is 6. The van der Waals surface area contributed by atoms with E-state index in [-0.39, 0.29) is 0 Å². The molecule has 0 saturated heterocycles. The van der Waals surface area contributed by atoms with Crippen LogP contribution in [0, 0.1) is 0 Å². The van der Waals surface area contributed by atoms with E-state index in [2.05, 4.69) is 111 Å². The minimum absolute atomic E-state index is 0.895. The molecule has 0 unspecified atom stereocenters. The summed E-state index contributed by atoms with van der Waals surface area (Å²) in [5, 5.41) is 0. The van der Waals surface area contributed by atoms with E-state index >= 15 is 0 Å². The number of nitrogens with zero attached hydrogens (tertiary/aromatic N) is 7. The summed E-state index contributed by atoms with van der Waals surface area (Å²) in [6.45, 7) is 0. The number of pyridine rings is 6. The zero-order valence-corrected chi connectivity index (χ0v) is 29.7. The van der Waals surface area contributed by atoms with E-state index in [4.69, 9.17) is 15.0 Å². The first kappa shape index (κ1) is 33.2. The van der Waals surface area contributed by atoms with Crippen molar-refractivity contribution in [1.29, 1.82) is 0 Å². The van der Waals surface area contributed by atoms with E-state index in [9.17, 15) is 0 Å². The van der Waals surface area contributed by atoms with Crippen LogP contribution in [0.25, 0.3) is 67.2 Å². The van der Waals surface area contributed by atoms with E-state index in [1.807, 2.05) is 91.8 Å². The summed E-state index contributed by atoms with van der Waals surface area (Å²) < 4.78 is 0. The van der Waals surface area contributed by atoms with Gasteiger partial charge in [0.15, 0.2) is 0 Å². The fraction of sp³-hybridized carbons (Fsp3) is 0. The maximum absolute atomic E-state index is 4.72. The van der Waals surface area contributed by atoms with Crippen molar-refractivity contribution < 1.29 is 0 Å². The summed E-state index contributed by atoms with van der Waals surface area (Å²) in [6, 6.07) is 50.1. The minimum atomic E-state index is 0.895. The first-order valence-electron chi connectivity index (χ1n) is 18.0. The lowest BCUT2D eigenvalue weighted by Gasteiger charge is -2.26. The zero-order chi connectivity index (χ0) is 36.8. The van der Waals surface area contributed by atoms with E-state index in [0.717, 1.165) is 84.2 Å². The smallest absolute Gasteiger partial charge is 0.0717 e. The van der Waals surface area contributed by atoms with Crippen LogP contribution in [0.5, 0.6) is 0 Å². The Balaban J connectivity index is 1.02. The summed E-state index contributed by atoms with van der Waals surface area (Å²) in [5.41, 5.74) is 15.2. The Bertz CT molecular complexity index is 2320. The summed E-state index contributed by atoms with van der Waals surface area (Å²) >= 11 is 0. The summed E-state index contributed by atoms with van der Waals surface area (Å²) in [7, 11) is 0. The minimum Gasteiger partial charge on any atom is -0.311 e. The van der Waals surface area contributed by atoms with Gasteiger partial charge in [-0.2, -0.15) is 0 Å². The zero-order valence-electron chi connectivity index (χ0n) is 29.7. The number of hydrogen-bond donors (Lipinski definition) is 0. The van der Waals surface area contributed by atoms with Gasteiger partial charge in [-0.3, -0.25) is 29.9 Å². The topological polar surface area (TPSA) is 80.6 Å². The average Bonchev–Trinajstić information content (AvgIpc) is 3.28. The first-order valence-corrected chi connectivity index (χ1v) is 18.0. The molecule has 7 nitrogen and oxygen atoms in total. The molecule has 7 heteroatoms. The molecule has 55 heavy (non-hydrogen) atoms. The molecule has 3 aromatic carbocycles. The third-order valence-corrected chi connectivity index (χ3v) is 9.54. The van der Waals surface area contributed by atoms with Gasteiger partial charge in [0.2, 0.25) is 0 Å². The molecular weight excluding hydrogens is 675 g/mol. The Labute approximate surface area is 319 Å². The molecule has 0 radical (unpaired) electrons. The SMILES string of the molecule is c1cncc(-c2ccc(-c3ccc(N(c4ccc(-c5ccc(-c6cccnc6)nc5)cc4)c4ccc(-c5ccc(-c6cccnc6)nc5)cc4)cc3)cn2)c1. The van der Waals surface area contributed by atoms with E-state index in [1.54, 1.807) is 18.6 Å². The summed E-state index contributed by atoms with van der Waals surface area (Å²) in [5.74, 6) is 0. The maximum atomic E-state index is 4.72. The van der Waals surface area contributed by atoms with Gasteiger partial charge in [0.05, 0.1) is 17.1 Å². The second kappa shape index (κ2) is 15.1. The molecule has 0 amide bonds. The Morgan fingerprint density at radius 3 is 0.782 bits per heavy atom. The second-order valence-corrected chi connectivity index (χ2v) is 13.0. The molecule has 260 valence electrons. The Hall–Kier alpha value is -7.64. The molecule has 0 N–H and O–H groups in total. The fourth-order valence-corrected chi connectivity index (χ4v) is 6.61. The van der Waals surface area contributed by atoms with Crippen molar-refractivity contribution in [3.8, 4) is 67.2 Å². The van der Waals surface area contributed by atoms with Gasteiger partial charge in [0.25, 0.3) is 0 Å².